The lowest BCUT2D eigenvalue weighted by Gasteiger charge is -2.10. The summed E-state index contributed by atoms with van der Waals surface area (Å²) < 4.78 is 41.5. The van der Waals surface area contributed by atoms with Gasteiger partial charge in [0.1, 0.15) is 23.2 Å². The van der Waals surface area contributed by atoms with Crippen molar-refractivity contribution in [2.24, 2.45) is 0 Å². The Hall–Kier alpha value is -2.41. The highest BCUT2D eigenvalue weighted by Gasteiger charge is 2.29. The quantitative estimate of drug-likeness (QED) is 0.778. The zero-order valence-corrected chi connectivity index (χ0v) is 13.0. The van der Waals surface area contributed by atoms with Crippen molar-refractivity contribution in [1.29, 1.82) is 0 Å². The first-order valence-corrected chi connectivity index (χ1v) is 7.18. The van der Waals surface area contributed by atoms with Crippen molar-refractivity contribution in [2.75, 3.05) is 11.9 Å². The summed E-state index contributed by atoms with van der Waals surface area (Å²) in [6.07, 6.45) is -3.87. The van der Waals surface area contributed by atoms with E-state index < -0.39 is 17.7 Å². The molecule has 0 bridgehead atoms. The number of aromatic hydroxyl groups is 1. The van der Waals surface area contributed by atoms with Gasteiger partial charge in [-0.1, -0.05) is 12.1 Å². The predicted molar refractivity (Wildman–Crippen MR) is 83.0 cm³/mol. The molecule has 0 aliphatic carbocycles. The van der Waals surface area contributed by atoms with Crippen LogP contribution in [0.1, 0.15) is 21.5 Å². The molecule has 0 saturated carbocycles. The number of carbonyl (C=O) groups excluding carboxylic acids is 1. The number of rotatable bonds is 5. The fourth-order valence-electron chi connectivity index (χ4n) is 2.06. The van der Waals surface area contributed by atoms with E-state index in [9.17, 15) is 23.1 Å². The lowest BCUT2D eigenvalue weighted by Crippen LogP contribution is -2.08. The van der Waals surface area contributed by atoms with Crippen molar-refractivity contribution in [2.45, 2.75) is 12.6 Å². The summed E-state index contributed by atoms with van der Waals surface area (Å²) in [5, 5.41) is 12.6. The van der Waals surface area contributed by atoms with Gasteiger partial charge in [0.2, 0.25) is 0 Å². The highest BCUT2D eigenvalue weighted by Crippen LogP contribution is 2.29. The molecule has 0 atom stereocenters. The van der Waals surface area contributed by atoms with E-state index in [1.807, 2.05) is 0 Å². The van der Waals surface area contributed by atoms with Crippen LogP contribution in [0.2, 0.25) is 0 Å². The number of nitrogens with one attached hydrogen (secondary N) is 1. The number of hydrogen-bond donors (Lipinski definition) is 2. The van der Waals surface area contributed by atoms with E-state index in [0.717, 1.165) is 17.7 Å². The number of hydrogen-bond acceptors (Lipinski definition) is 4. The van der Waals surface area contributed by atoms with Gasteiger partial charge in [0.05, 0.1) is 5.56 Å². The van der Waals surface area contributed by atoms with Crippen LogP contribution >= 0.6 is 11.9 Å². The lowest BCUT2D eigenvalue weighted by molar-refractivity contribution is -0.137. The number of anilines is 1. The fraction of sp³-hybridized carbons (Fsp3) is 0.188. The molecule has 0 saturated heterocycles. The monoisotopic (exact) mass is 359 g/mol. The third-order valence-electron chi connectivity index (χ3n) is 3.31. The second kappa shape index (κ2) is 7.44. The molecule has 2 aromatic rings. The Bertz CT molecular complexity index is 717. The predicted octanol–water partition coefficient (Wildman–Crippen LogP) is 4.38. The lowest BCUT2D eigenvalue weighted by atomic mass is 10.1. The maximum atomic E-state index is 12.5. The molecular formula is C16H13ClF3NO3. The van der Waals surface area contributed by atoms with E-state index in [4.69, 9.17) is 11.9 Å². The van der Waals surface area contributed by atoms with E-state index >= 15 is 0 Å². The van der Waals surface area contributed by atoms with E-state index in [1.54, 1.807) is 6.07 Å². The van der Waals surface area contributed by atoms with Gasteiger partial charge in [-0.15, -0.1) is 0 Å². The Labute approximate surface area is 141 Å². The first kappa shape index (κ1) is 17.9. The van der Waals surface area contributed by atoms with E-state index in [2.05, 4.69) is 9.61 Å². The van der Waals surface area contributed by atoms with Gasteiger partial charge in [-0.05, 0) is 42.3 Å². The molecule has 0 radical (unpaired) electrons. The zero-order chi connectivity index (χ0) is 17.7. The van der Waals surface area contributed by atoms with E-state index in [0.29, 0.717) is 18.7 Å². The maximum absolute atomic E-state index is 12.5. The third kappa shape index (κ3) is 4.55. The molecule has 0 spiro atoms. The molecule has 4 nitrogen and oxygen atoms in total. The van der Waals surface area contributed by atoms with Crippen LogP contribution in [-0.2, 0) is 16.9 Å². The second-order valence-electron chi connectivity index (χ2n) is 4.97. The average Bonchev–Trinajstić information content (AvgIpc) is 2.55. The van der Waals surface area contributed by atoms with Crippen molar-refractivity contribution in [1.82, 2.24) is 0 Å². The molecule has 0 heterocycles. The molecule has 2 N–H and O–H groups in total. The van der Waals surface area contributed by atoms with Crippen molar-refractivity contribution >= 4 is 23.5 Å². The number of phenols is 1. The van der Waals surface area contributed by atoms with Crippen LogP contribution in [0.4, 0.5) is 18.9 Å². The van der Waals surface area contributed by atoms with Crippen LogP contribution in [0.15, 0.2) is 42.5 Å². The van der Waals surface area contributed by atoms with Gasteiger partial charge < -0.3 is 14.7 Å². The molecule has 128 valence electrons. The van der Waals surface area contributed by atoms with Gasteiger partial charge in [0.15, 0.2) is 0 Å². The van der Waals surface area contributed by atoms with Gasteiger partial charge in [0.25, 0.3) is 0 Å². The van der Waals surface area contributed by atoms with Crippen LogP contribution in [0.25, 0.3) is 0 Å². The van der Waals surface area contributed by atoms with Gasteiger partial charge in [0, 0.05) is 12.2 Å². The molecular weight excluding hydrogens is 347 g/mol. The van der Waals surface area contributed by atoms with Gasteiger partial charge in [-0.3, -0.25) is 0 Å². The second-order valence-corrected chi connectivity index (χ2v) is 5.12. The van der Waals surface area contributed by atoms with Crippen molar-refractivity contribution in [3.8, 4) is 5.75 Å². The number of halogens is 4. The molecule has 24 heavy (non-hydrogen) atoms. The molecule has 0 fully saturated rings. The number of carbonyl (C=O) groups is 1. The SMILES string of the molecule is O=C(OCl)c1cc(NCCc2ccc(C(F)(F)F)cc2)ccc1O. The number of benzene rings is 2. The largest absolute Gasteiger partial charge is 0.507 e. The number of phenolic OH excluding ortho intramolecular Hbond substituents is 1. The van der Waals surface area contributed by atoms with Gasteiger partial charge in [-0.25, -0.2) is 4.79 Å². The van der Waals surface area contributed by atoms with Crippen LogP contribution in [0.3, 0.4) is 0 Å². The Morgan fingerprint density at radius 2 is 1.83 bits per heavy atom. The van der Waals surface area contributed by atoms with Crippen LogP contribution in [0.5, 0.6) is 5.75 Å². The minimum absolute atomic E-state index is 0.0930. The molecule has 0 amide bonds. The highest BCUT2D eigenvalue weighted by molar-refractivity contribution is 6.16. The van der Waals surface area contributed by atoms with Crippen LogP contribution in [0, 0.1) is 0 Å². The third-order valence-corrected chi connectivity index (χ3v) is 3.45. The van der Waals surface area contributed by atoms with Crippen LogP contribution < -0.4 is 5.32 Å². The summed E-state index contributed by atoms with van der Waals surface area (Å²) in [7, 11) is 0. The molecule has 2 rings (SSSR count). The molecule has 0 aromatic heterocycles. The maximum Gasteiger partial charge on any atom is 0.416 e. The summed E-state index contributed by atoms with van der Waals surface area (Å²) in [6.45, 7) is 0.422. The summed E-state index contributed by atoms with van der Waals surface area (Å²) in [5.41, 5.74) is 0.484. The highest BCUT2D eigenvalue weighted by atomic mass is 35.5. The van der Waals surface area contributed by atoms with E-state index in [-0.39, 0.29) is 11.3 Å². The minimum Gasteiger partial charge on any atom is -0.507 e. The Balaban J connectivity index is 1.96. The normalized spacial score (nSPS) is 11.2. The van der Waals surface area contributed by atoms with Crippen molar-refractivity contribution in [3.05, 3.63) is 59.2 Å². The van der Waals surface area contributed by atoms with Crippen molar-refractivity contribution in [3.63, 3.8) is 0 Å². The van der Waals surface area contributed by atoms with E-state index in [1.165, 1.54) is 24.3 Å². The van der Waals surface area contributed by atoms with Gasteiger partial charge in [-0.2, -0.15) is 13.2 Å². The van der Waals surface area contributed by atoms with Crippen molar-refractivity contribution < 1.29 is 27.4 Å². The minimum atomic E-state index is -4.35. The summed E-state index contributed by atoms with van der Waals surface area (Å²) in [4.78, 5) is 11.4. The average molecular weight is 360 g/mol. The molecule has 0 aliphatic heterocycles. The standard InChI is InChI=1S/C16H13ClF3NO3/c17-24-15(23)13-9-12(5-6-14(13)22)21-8-7-10-1-3-11(4-2-10)16(18,19)20/h1-6,9,21-22H,7-8H2. The summed E-state index contributed by atoms with van der Waals surface area (Å²) in [5.74, 6) is -1.16. The fourth-order valence-corrected chi connectivity index (χ4v) is 2.15. The molecule has 0 unspecified atom stereocenters. The topological polar surface area (TPSA) is 58.6 Å². The Kier molecular flexibility index (Phi) is 5.56. The molecule has 8 heteroatoms. The molecule has 2 aromatic carbocycles. The Morgan fingerprint density at radius 1 is 1.17 bits per heavy atom. The number of alkyl halides is 3. The first-order valence-electron chi connectivity index (χ1n) is 6.87. The Morgan fingerprint density at radius 3 is 2.42 bits per heavy atom. The van der Waals surface area contributed by atoms with Gasteiger partial charge >= 0.3 is 12.1 Å². The van der Waals surface area contributed by atoms with Crippen LogP contribution in [-0.4, -0.2) is 17.6 Å². The zero-order valence-electron chi connectivity index (χ0n) is 12.2. The molecule has 0 aliphatic rings. The smallest absolute Gasteiger partial charge is 0.416 e. The summed E-state index contributed by atoms with van der Waals surface area (Å²) >= 11 is 4.98. The summed E-state index contributed by atoms with van der Waals surface area (Å²) in [6, 6.07) is 9.12. The first-order chi connectivity index (χ1) is 11.3.